The van der Waals surface area contributed by atoms with E-state index in [-0.39, 0.29) is 0 Å². The molecule has 12 saturated carbocycles. The van der Waals surface area contributed by atoms with Crippen LogP contribution in [0.2, 0.25) is 0 Å². The van der Waals surface area contributed by atoms with Gasteiger partial charge in [0.05, 0.1) is 0 Å². The van der Waals surface area contributed by atoms with Crippen molar-refractivity contribution in [1.82, 2.24) is 4.90 Å². The summed E-state index contributed by atoms with van der Waals surface area (Å²) in [5, 5.41) is 0. The van der Waals surface area contributed by atoms with Gasteiger partial charge in [-0.05, 0) is 195 Å². The standard InChI is InChI=1S/C56H89N/c1-3-16-35(17-4-1)50-53-42-27-13-20-34-21-14-28-43(49(34)42)54(53)51(36-18-5-2-6-19-36)56-45-32-33-48(41-26-15-29-44(52(41)45)55(50)56)57-46-30-11-9-24-39(46)37-22-7-8-23-38(37)40-25-10-12-31-47(40)57/h34-56H,1-33H2. The first-order valence-electron chi connectivity index (χ1n) is 28.1. The molecule has 57 heavy (non-hydrogen) atoms. The van der Waals surface area contributed by atoms with E-state index in [1.807, 2.05) is 0 Å². The zero-order valence-electron chi connectivity index (χ0n) is 37.1. The molecule has 13 aliphatic rings. The Bertz CT molecular complexity index is 1320. The third kappa shape index (κ3) is 5.78. The molecule has 0 aromatic rings. The number of nitrogens with zero attached hydrogens (tertiary/aromatic N) is 1. The van der Waals surface area contributed by atoms with E-state index in [2.05, 4.69) is 4.90 Å². The number of hydrogen-bond acceptors (Lipinski definition) is 1. The van der Waals surface area contributed by atoms with Crippen molar-refractivity contribution in [3.05, 3.63) is 0 Å². The van der Waals surface area contributed by atoms with Gasteiger partial charge >= 0.3 is 0 Å². The van der Waals surface area contributed by atoms with Crippen molar-refractivity contribution in [3.8, 4) is 0 Å². The topological polar surface area (TPSA) is 3.24 Å². The Balaban J connectivity index is 0.916. The minimum Gasteiger partial charge on any atom is -0.294 e. The van der Waals surface area contributed by atoms with Crippen molar-refractivity contribution in [2.24, 2.45) is 118 Å². The van der Waals surface area contributed by atoms with Crippen molar-refractivity contribution in [3.63, 3.8) is 0 Å². The predicted octanol–water partition coefficient (Wildman–Crippen LogP) is 14.8. The summed E-state index contributed by atoms with van der Waals surface area (Å²) in [4.78, 5) is 3.61. The van der Waals surface area contributed by atoms with Gasteiger partial charge in [-0.2, -0.15) is 0 Å². The molecule has 13 fully saturated rings. The molecule has 21 unspecified atom stereocenters. The molecule has 1 heterocycles. The van der Waals surface area contributed by atoms with E-state index >= 15 is 0 Å². The Morgan fingerprint density at radius 3 is 1.04 bits per heavy atom. The Morgan fingerprint density at radius 1 is 0.175 bits per heavy atom. The van der Waals surface area contributed by atoms with Crippen LogP contribution in [0, 0.1) is 118 Å². The lowest BCUT2D eigenvalue weighted by atomic mass is 9.47. The van der Waals surface area contributed by atoms with Gasteiger partial charge in [0.25, 0.3) is 0 Å². The van der Waals surface area contributed by atoms with Crippen molar-refractivity contribution in [2.45, 2.75) is 230 Å². The van der Waals surface area contributed by atoms with Crippen LogP contribution in [0.3, 0.4) is 0 Å². The maximum Gasteiger partial charge on any atom is 0.0133 e. The molecule has 0 spiro atoms. The maximum atomic E-state index is 3.61. The van der Waals surface area contributed by atoms with Crippen LogP contribution in [0.5, 0.6) is 0 Å². The van der Waals surface area contributed by atoms with E-state index in [0.717, 1.165) is 131 Å². The van der Waals surface area contributed by atoms with Gasteiger partial charge in [-0.1, -0.05) is 135 Å². The van der Waals surface area contributed by atoms with Crippen LogP contribution >= 0.6 is 0 Å². The molecular weight excluding hydrogens is 687 g/mol. The minimum absolute atomic E-state index is 0.966. The van der Waals surface area contributed by atoms with Gasteiger partial charge in [-0.3, -0.25) is 4.90 Å². The fourth-order valence-corrected chi connectivity index (χ4v) is 23.6. The zero-order chi connectivity index (χ0) is 37.2. The molecule has 1 saturated heterocycles. The summed E-state index contributed by atoms with van der Waals surface area (Å²) in [5.41, 5.74) is 0. The Hall–Kier alpha value is -0.0400. The van der Waals surface area contributed by atoms with Gasteiger partial charge in [-0.15, -0.1) is 0 Å². The summed E-state index contributed by atoms with van der Waals surface area (Å²) >= 11 is 0. The van der Waals surface area contributed by atoms with Gasteiger partial charge in [0, 0.05) is 18.1 Å². The highest BCUT2D eigenvalue weighted by Gasteiger charge is 2.71. The van der Waals surface area contributed by atoms with E-state index in [1.54, 1.807) is 212 Å². The largest absolute Gasteiger partial charge is 0.294 e. The lowest BCUT2D eigenvalue weighted by Gasteiger charge is -2.58. The lowest BCUT2D eigenvalue weighted by Crippen LogP contribution is -2.60. The van der Waals surface area contributed by atoms with Crippen LogP contribution in [0.15, 0.2) is 0 Å². The summed E-state index contributed by atoms with van der Waals surface area (Å²) in [5.74, 6) is 22.5. The highest BCUT2D eigenvalue weighted by molar-refractivity contribution is 5.20. The van der Waals surface area contributed by atoms with Gasteiger partial charge in [-0.25, -0.2) is 0 Å². The monoisotopic (exact) mass is 776 g/mol. The molecule has 1 heteroatoms. The van der Waals surface area contributed by atoms with Crippen LogP contribution in [-0.2, 0) is 0 Å². The molecule has 21 atom stereocenters. The molecule has 0 N–H and O–H groups in total. The molecule has 0 amide bonds. The summed E-state index contributed by atoms with van der Waals surface area (Å²) < 4.78 is 0. The SMILES string of the molecule is C1CCC(C2C3C4CCCC5CCCC(C54)C3C(C3CCCCC3)C3C4CCC(N5C6CCCCC6C6CCCCC6C6CCCCC65)C5CCCC(C45)C23)CC1. The quantitative estimate of drug-likeness (QED) is 0.276. The number of hydrogen-bond donors (Lipinski definition) is 0. The van der Waals surface area contributed by atoms with Crippen LogP contribution in [0.1, 0.15) is 212 Å². The molecule has 0 bridgehead atoms. The first-order chi connectivity index (χ1) is 28.3. The van der Waals surface area contributed by atoms with E-state index in [1.165, 1.54) is 5.92 Å². The first-order valence-corrected chi connectivity index (χ1v) is 28.1. The fourth-order valence-electron chi connectivity index (χ4n) is 23.6. The smallest absolute Gasteiger partial charge is 0.0133 e. The van der Waals surface area contributed by atoms with E-state index in [0.29, 0.717) is 0 Å². The zero-order valence-corrected chi connectivity index (χ0v) is 37.1. The van der Waals surface area contributed by atoms with E-state index in [9.17, 15) is 0 Å². The predicted molar refractivity (Wildman–Crippen MR) is 235 cm³/mol. The second kappa shape index (κ2) is 15.3. The van der Waals surface area contributed by atoms with Gasteiger partial charge < -0.3 is 0 Å². The fraction of sp³-hybridized carbons (Fsp3) is 1.00. The average molecular weight is 776 g/mol. The second-order valence-corrected chi connectivity index (χ2v) is 25.5. The van der Waals surface area contributed by atoms with Crippen molar-refractivity contribution < 1.29 is 0 Å². The van der Waals surface area contributed by atoms with Gasteiger partial charge in [0.2, 0.25) is 0 Å². The average Bonchev–Trinajstić information content (AvgIpc) is 3.75. The minimum atomic E-state index is 0.966. The Kier molecular flexibility index (Phi) is 10.1. The summed E-state index contributed by atoms with van der Waals surface area (Å²) in [7, 11) is 0. The first kappa shape index (κ1) is 37.5. The lowest BCUT2D eigenvalue weighted by molar-refractivity contribution is -0.103. The van der Waals surface area contributed by atoms with Crippen LogP contribution in [0.4, 0.5) is 0 Å². The third-order valence-corrected chi connectivity index (χ3v) is 24.3. The molecular formula is C56H89N. The molecule has 318 valence electrons. The van der Waals surface area contributed by atoms with Crippen molar-refractivity contribution >= 4 is 0 Å². The maximum absolute atomic E-state index is 3.61. The normalized spacial score (nSPS) is 56.5. The molecule has 13 rings (SSSR count). The second-order valence-electron chi connectivity index (χ2n) is 25.5. The summed E-state index contributed by atoms with van der Waals surface area (Å²) in [6, 6.07) is 2.90. The molecule has 12 aliphatic carbocycles. The van der Waals surface area contributed by atoms with Gasteiger partial charge in [0.1, 0.15) is 0 Å². The number of fused-ring (bicyclic) bond motifs is 11. The van der Waals surface area contributed by atoms with Crippen LogP contribution < -0.4 is 0 Å². The number of likely N-dealkylation sites (tertiary alicyclic amines) is 1. The highest BCUT2D eigenvalue weighted by Crippen LogP contribution is 2.76. The third-order valence-electron chi connectivity index (χ3n) is 24.3. The van der Waals surface area contributed by atoms with Gasteiger partial charge in [0.15, 0.2) is 0 Å². The molecule has 0 radical (unpaired) electrons. The van der Waals surface area contributed by atoms with Crippen molar-refractivity contribution in [1.29, 1.82) is 0 Å². The van der Waals surface area contributed by atoms with Crippen molar-refractivity contribution in [2.75, 3.05) is 0 Å². The molecule has 0 aromatic heterocycles. The Morgan fingerprint density at radius 2 is 0.509 bits per heavy atom. The van der Waals surface area contributed by atoms with E-state index < -0.39 is 0 Å². The Labute approximate surface area is 351 Å². The summed E-state index contributed by atoms with van der Waals surface area (Å²) in [6.45, 7) is 0. The molecule has 1 nitrogen and oxygen atoms in total. The summed E-state index contributed by atoms with van der Waals surface area (Å²) in [6.07, 6.45) is 53.1. The van der Waals surface area contributed by atoms with Crippen LogP contribution in [-0.4, -0.2) is 23.0 Å². The molecule has 1 aliphatic heterocycles. The highest BCUT2D eigenvalue weighted by atomic mass is 15.2. The number of rotatable bonds is 3. The molecule has 0 aromatic carbocycles. The van der Waals surface area contributed by atoms with Crippen LogP contribution in [0.25, 0.3) is 0 Å². The van der Waals surface area contributed by atoms with E-state index in [4.69, 9.17) is 0 Å².